The Hall–Kier alpha value is -3.57. The van der Waals surface area contributed by atoms with Crippen molar-refractivity contribution in [3.63, 3.8) is 0 Å². The smallest absolute Gasteiger partial charge is 0.350 e. The topological polar surface area (TPSA) is 524 Å². The van der Waals surface area contributed by atoms with E-state index in [-0.39, 0.29) is 49.5 Å². The van der Waals surface area contributed by atoms with Gasteiger partial charge >= 0.3 is 23.9 Å². The molecule has 25 nitrogen and oxygen atoms in total. The Balaban J connectivity index is -0.000000167. The molecule has 0 aliphatic heterocycles. The Morgan fingerprint density at radius 1 is 0.809 bits per heavy atom. The maximum atomic E-state index is 9.88. The van der Waals surface area contributed by atoms with Gasteiger partial charge in [0, 0.05) is 38.1 Å². The highest BCUT2D eigenvalue weighted by atomic mass is 16.4. The van der Waals surface area contributed by atoms with Crippen LogP contribution in [-0.4, -0.2) is 188 Å². The second-order valence-corrected chi connectivity index (χ2v) is 17.7. The summed E-state index contributed by atoms with van der Waals surface area (Å²) in [7, 11) is 5.21. The lowest BCUT2D eigenvalue weighted by molar-refractivity contribution is -0.467. The van der Waals surface area contributed by atoms with E-state index in [4.69, 9.17) is 49.7 Å². The molecule has 0 heterocycles. The highest BCUT2D eigenvalue weighted by Crippen LogP contribution is 2.23. The summed E-state index contributed by atoms with van der Waals surface area (Å²) < 4.78 is 1.71. The van der Waals surface area contributed by atoms with Gasteiger partial charge in [-0.15, -0.1) is 0 Å². The number of quaternary nitrogens is 4. The van der Waals surface area contributed by atoms with Crippen LogP contribution in [0.3, 0.4) is 0 Å². The number of aliphatic hydroxyl groups excluding tert-OH is 7. The van der Waals surface area contributed by atoms with E-state index in [9.17, 15) is 40.2 Å². The monoisotopic (exact) mass is 997 g/mol. The second kappa shape index (κ2) is 48.5. The zero-order valence-corrected chi connectivity index (χ0v) is 43.6. The highest BCUT2D eigenvalue weighted by Gasteiger charge is 2.42. The number of nitrogens with zero attached hydrogens (tertiary/aromatic N) is 2. The molecule has 13 atom stereocenters. The maximum Gasteiger partial charge on any atom is 0.350 e. The molecule has 35 N–H and O–H groups in total. The van der Waals surface area contributed by atoms with E-state index in [0.29, 0.717) is 37.2 Å². The highest BCUT2D eigenvalue weighted by molar-refractivity contribution is 5.94. The molecule has 1 fully saturated rings. The number of hydrogen-bond acceptors (Lipinski definition) is 12. The lowest BCUT2D eigenvalue weighted by atomic mass is 9.80. The third kappa shape index (κ3) is 53.4. The van der Waals surface area contributed by atoms with Crippen LogP contribution in [0.1, 0.15) is 126 Å². The molecule has 1 saturated carbocycles. The molecule has 0 radical (unpaired) electrons. The molecule has 68 heavy (non-hydrogen) atoms. The second-order valence-electron chi connectivity index (χ2n) is 17.7. The molecule has 0 bridgehead atoms. The van der Waals surface area contributed by atoms with Gasteiger partial charge in [-0.1, -0.05) is 33.6 Å². The standard InChI is InChI=1S/C10H22O3.C7H15NO4.C6H16N4.C6H16N2.C5H13N5.C5H11NO2.C4H9NO2/c1-4-6-8(11)10(13)9(12)7(3)5-2;8-5-4(10)1-3(2-9)6(11)7(5)12;1-5(7)3-2-4-10-6(8)9;1-6(8)4-2-3-5-7;1-8-4(6)9-5(7)10(2)3;1-4(6)2-3-5(7)8;1-3(5)2-4(6)7/h7-13H,4-6H2,1-3H3;3-7,9-12H,1-2,8H2;5H,2-4,7H2,1H3,(H4,8,9,10);6H,2-5,7-8H2,1H3;1-3H3,(H4,6,7,8,9);4H,2-3,6H2,1H3,(H,7,8);3H,2,5H2,1H3,(H,6,7)/p+6/t7?,8-,9+,10+;;;;;;/m0....../s1. The van der Waals surface area contributed by atoms with Crippen LogP contribution in [0.25, 0.3) is 0 Å². The number of nitrogens with one attached hydrogen (secondary N) is 2. The fourth-order valence-electron chi connectivity index (χ4n) is 5.11. The first-order valence-electron chi connectivity index (χ1n) is 23.7. The minimum absolute atomic E-state index is 0.0255. The van der Waals surface area contributed by atoms with Gasteiger partial charge in [0.05, 0.1) is 70.4 Å². The van der Waals surface area contributed by atoms with Gasteiger partial charge in [0.1, 0.15) is 24.4 Å². The van der Waals surface area contributed by atoms with Crippen LogP contribution < -0.4 is 67.6 Å². The molecule has 1 aliphatic carbocycles. The number of aliphatic hydroxyl groups is 7. The zero-order chi connectivity index (χ0) is 54.7. The summed E-state index contributed by atoms with van der Waals surface area (Å²) in [5.41, 5.74) is 46.6. The number of carboxylic acid groups (broad SMARTS) is 2. The predicted molar refractivity (Wildman–Crippen MR) is 265 cm³/mol. The van der Waals surface area contributed by atoms with Crippen LogP contribution in [0.4, 0.5) is 0 Å². The number of nitrogens with two attached hydrogens (primary N) is 6. The van der Waals surface area contributed by atoms with Crippen LogP contribution in [0.15, 0.2) is 4.99 Å². The van der Waals surface area contributed by atoms with Gasteiger partial charge in [-0.05, 0) is 78.6 Å². The number of rotatable bonds is 20. The van der Waals surface area contributed by atoms with Crippen molar-refractivity contribution in [1.29, 1.82) is 0 Å². The van der Waals surface area contributed by atoms with Gasteiger partial charge in [0.15, 0.2) is 0 Å². The number of unbranched alkanes of at least 4 members (excludes halogenated alkanes) is 1. The van der Waals surface area contributed by atoms with Crippen molar-refractivity contribution < 1.29 is 88.1 Å². The van der Waals surface area contributed by atoms with Gasteiger partial charge in [0.25, 0.3) is 5.96 Å². The molecular formula is C43H108N14O11+6. The summed E-state index contributed by atoms with van der Waals surface area (Å²) in [4.78, 5) is 26.1. The summed E-state index contributed by atoms with van der Waals surface area (Å²) in [6.45, 7) is 15.1. The average Bonchev–Trinajstić information content (AvgIpc) is 3.24. The van der Waals surface area contributed by atoms with Crippen LogP contribution in [-0.2, 0) is 9.59 Å². The fourth-order valence-corrected chi connectivity index (χ4v) is 5.11. The molecule has 410 valence electrons. The number of hydrogen-bond donors (Lipinski definition) is 21. The van der Waals surface area contributed by atoms with Crippen LogP contribution in [0.2, 0.25) is 0 Å². The summed E-state index contributed by atoms with van der Waals surface area (Å²) in [5, 5.41) is 84.2. The molecule has 0 aromatic heterocycles. The van der Waals surface area contributed by atoms with Crippen molar-refractivity contribution >= 4 is 29.8 Å². The van der Waals surface area contributed by atoms with Crippen LogP contribution in [0, 0.1) is 11.8 Å². The third-order valence-electron chi connectivity index (χ3n) is 9.78. The first-order chi connectivity index (χ1) is 31.3. The molecular weight excluding hydrogens is 889 g/mol. The van der Waals surface area contributed by atoms with Gasteiger partial charge in [0.2, 0.25) is 0 Å². The van der Waals surface area contributed by atoms with E-state index in [1.807, 2.05) is 55.6 Å². The molecule has 25 heteroatoms. The van der Waals surface area contributed by atoms with Crippen molar-refractivity contribution in [3.05, 3.63) is 0 Å². The van der Waals surface area contributed by atoms with Crippen LogP contribution >= 0.6 is 0 Å². The predicted octanol–water partition coefficient (Wildman–Crippen LogP) is -8.50. The molecule has 0 saturated heterocycles. The largest absolute Gasteiger partial charge is 0.481 e. The third-order valence-corrected chi connectivity index (χ3v) is 9.78. The minimum atomic E-state index is -1.04. The van der Waals surface area contributed by atoms with Crippen molar-refractivity contribution in [2.45, 2.75) is 192 Å². The molecule has 0 amide bonds. The molecule has 1 rings (SSSR count). The number of guanidine groups is 3. The Morgan fingerprint density at radius 2 is 1.32 bits per heavy atom. The van der Waals surface area contributed by atoms with Gasteiger partial charge in [-0.25, -0.2) is 10.3 Å². The first-order valence-corrected chi connectivity index (χ1v) is 23.7. The summed E-state index contributed by atoms with van der Waals surface area (Å²) in [6.07, 6.45) is 3.79. The van der Waals surface area contributed by atoms with E-state index in [1.54, 1.807) is 18.5 Å². The van der Waals surface area contributed by atoms with E-state index >= 15 is 0 Å². The van der Waals surface area contributed by atoms with Crippen molar-refractivity contribution in [2.24, 2.45) is 51.2 Å². The maximum absolute atomic E-state index is 9.88. The number of carbonyl (C=O) groups is 2. The summed E-state index contributed by atoms with van der Waals surface area (Å²) in [6, 6.07) is 0.355. The Morgan fingerprint density at radius 3 is 1.65 bits per heavy atom. The van der Waals surface area contributed by atoms with Crippen molar-refractivity contribution in [2.75, 3.05) is 40.8 Å². The van der Waals surface area contributed by atoms with Crippen molar-refractivity contribution in [3.8, 4) is 0 Å². The Labute approximate surface area is 406 Å². The lowest BCUT2D eigenvalue weighted by Gasteiger charge is -2.36. The number of aliphatic carboxylic acids is 2. The van der Waals surface area contributed by atoms with Crippen LogP contribution in [0.5, 0.6) is 0 Å². The molecule has 0 aromatic rings. The molecule has 0 aromatic carbocycles. The van der Waals surface area contributed by atoms with E-state index in [0.717, 1.165) is 45.2 Å². The van der Waals surface area contributed by atoms with Gasteiger partial charge in [-0.2, -0.15) is 0 Å². The fraction of sp³-hybridized carbons (Fsp3) is 0.884. The molecule has 1 aliphatic rings. The number of carboxylic acids is 2. The normalized spacial score (nSPS) is 20.7. The quantitative estimate of drug-likeness (QED) is 0.0233. The number of aliphatic imine (C=N–C) groups is 1. The Bertz CT molecular complexity index is 1270. The molecule has 10 unspecified atom stereocenters. The van der Waals surface area contributed by atoms with Gasteiger partial charge in [-0.3, -0.25) is 36.4 Å². The van der Waals surface area contributed by atoms with Gasteiger partial charge < -0.3 is 86.1 Å². The van der Waals surface area contributed by atoms with E-state index in [2.05, 4.69) is 38.2 Å². The SMILES string of the molecule is CC(N)CCCC[NH3+].CC(N)CCC[NH+]=C(N)N.CC([NH3+])CC(=O)O.CC([NH3+])CCC(=O)O.CCC[C@H](O)[C@@H](O)[C@H](O)C(C)CC.CN=C(N)NC(N)=[N+](C)C.[NH3+]C1C(O)CC(CO)C(O)C1O. The average molecular weight is 997 g/mol. The lowest BCUT2D eigenvalue weighted by Crippen LogP contribution is -2.78. The van der Waals surface area contributed by atoms with Crippen molar-refractivity contribution in [1.82, 2.24) is 5.32 Å². The van der Waals surface area contributed by atoms with E-state index in [1.165, 1.54) is 12.8 Å². The zero-order valence-electron chi connectivity index (χ0n) is 43.6. The summed E-state index contributed by atoms with van der Waals surface area (Å²) in [5.74, 6) is -0.850. The molecule has 0 spiro atoms. The summed E-state index contributed by atoms with van der Waals surface area (Å²) >= 11 is 0. The van der Waals surface area contributed by atoms with E-state index < -0.39 is 60.5 Å². The minimum Gasteiger partial charge on any atom is -0.481 e. The first kappa shape index (κ1) is 75.9. The Kier molecular flexibility index (Phi) is 54.1.